The van der Waals surface area contributed by atoms with Gasteiger partial charge in [-0.15, -0.1) is 5.43 Å². The van der Waals surface area contributed by atoms with Gasteiger partial charge in [-0.05, 0) is 68.2 Å². The van der Waals surface area contributed by atoms with Crippen molar-refractivity contribution in [2.24, 2.45) is 5.92 Å². The fourth-order valence-corrected chi connectivity index (χ4v) is 4.52. The van der Waals surface area contributed by atoms with E-state index in [2.05, 4.69) is 54.6 Å². The Hall–Kier alpha value is -2.98. The van der Waals surface area contributed by atoms with E-state index in [1.807, 2.05) is 19.1 Å². The van der Waals surface area contributed by atoms with Crippen molar-refractivity contribution in [1.82, 2.24) is 10.4 Å². The maximum Gasteiger partial charge on any atom is 0.157 e. The van der Waals surface area contributed by atoms with Gasteiger partial charge in [0.2, 0.25) is 0 Å². The molecule has 1 N–H and O–H groups in total. The van der Waals surface area contributed by atoms with Crippen LogP contribution in [-0.2, 0) is 4.74 Å². The Morgan fingerprint density at radius 2 is 1.91 bits per heavy atom. The molecule has 2 aromatic rings. The Morgan fingerprint density at radius 3 is 2.49 bits per heavy atom. The van der Waals surface area contributed by atoms with Crippen LogP contribution in [0, 0.1) is 34.3 Å². The van der Waals surface area contributed by atoms with Gasteiger partial charge < -0.3 is 4.74 Å². The smallest absolute Gasteiger partial charge is 0.157 e. The summed E-state index contributed by atoms with van der Waals surface area (Å²) in [5.41, 5.74) is 5.49. The maximum atomic E-state index is 10.9. The van der Waals surface area contributed by atoms with Gasteiger partial charge in [0.25, 0.3) is 0 Å². The average Bonchev–Trinajstić information content (AvgIpc) is 2.88. The number of nitriles is 1. The summed E-state index contributed by atoms with van der Waals surface area (Å²) in [4.78, 5) is 14.7. The third kappa shape index (κ3) is 10.9. The van der Waals surface area contributed by atoms with Gasteiger partial charge >= 0.3 is 0 Å². The second kappa shape index (κ2) is 15.8. The largest absolute Gasteiger partial charge is 0.378 e. The summed E-state index contributed by atoms with van der Waals surface area (Å²) in [6.45, 7) is 6.73. The zero-order valence-electron chi connectivity index (χ0n) is 21.4. The summed E-state index contributed by atoms with van der Waals surface area (Å²) in [6.07, 6.45) is 10.5. The predicted molar refractivity (Wildman–Crippen MR) is 138 cm³/mol. The first-order valence-electron chi connectivity index (χ1n) is 12.8. The molecule has 0 spiro atoms. The summed E-state index contributed by atoms with van der Waals surface area (Å²) in [6, 6.07) is 16.2. The van der Waals surface area contributed by atoms with Crippen molar-refractivity contribution < 1.29 is 9.77 Å². The van der Waals surface area contributed by atoms with Crippen molar-refractivity contribution in [3.63, 3.8) is 0 Å². The van der Waals surface area contributed by atoms with E-state index in [9.17, 15) is 10.1 Å². The molecule has 1 aromatic carbocycles. The number of hydrazine groups is 1. The Morgan fingerprint density at radius 1 is 1.20 bits per heavy atom. The van der Waals surface area contributed by atoms with Gasteiger partial charge in [0.05, 0.1) is 18.8 Å². The Balaban J connectivity index is 0.000000402. The van der Waals surface area contributed by atoms with Crippen molar-refractivity contribution in [1.29, 1.82) is 5.26 Å². The third-order valence-corrected chi connectivity index (χ3v) is 6.65. The summed E-state index contributed by atoms with van der Waals surface area (Å²) in [7, 11) is 0. The zero-order chi connectivity index (χ0) is 25.5. The van der Waals surface area contributed by atoms with Crippen LogP contribution in [0.25, 0.3) is 0 Å². The van der Waals surface area contributed by atoms with E-state index in [0.717, 1.165) is 56.9 Å². The van der Waals surface area contributed by atoms with Gasteiger partial charge in [-0.1, -0.05) is 63.4 Å². The van der Waals surface area contributed by atoms with E-state index in [-0.39, 0.29) is 12.0 Å². The number of unbranched alkanes of at least 4 members (excludes halogenated alkanes) is 2. The minimum Gasteiger partial charge on any atom is -0.378 e. The number of nitrogens with zero attached hydrogens (tertiary/aromatic N) is 3. The number of aryl methyl sites for hydroxylation is 1. The topological polar surface area (TPSA) is 101 Å². The van der Waals surface area contributed by atoms with E-state index in [1.165, 1.54) is 5.56 Å². The average molecular weight is 481 g/mol. The first-order chi connectivity index (χ1) is 16.9. The number of hydrogen-bond donors (Lipinski definition) is 1. The van der Waals surface area contributed by atoms with Crippen molar-refractivity contribution in [3.05, 3.63) is 75.6 Å². The molecule has 3 rings (SSSR count). The molecule has 1 aliphatic rings. The molecular formula is C28H40N4O3. The Labute approximate surface area is 210 Å². The van der Waals surface area contributed by atoms with Crippen molar-refractivity contribution >= 4 is 0 Å². The molecule has 2 atom stereocenters. The van der Waals surface area contributed by atoms with Gasteiger partial charge in [-0.3, -0.25) is 0 Å². The molecule has 35 heavy (non-hydrogen) atoms. The molecular weight excluding hydrogens is 440 g/mol. The summed E-state index contributed by atoms with van der Waals surface area (Å²) in [5, 5.41) is 18.8. The molecule has 1 heterocycles. The molecule has 1 aliphatic carbocycles. The highest BCUT2D eigenvalue weighted by Crippen LogP contribution is 2.34. The molecule has 1 aromatic heterocycles. The van der Waals surface area contributed by atoms with Crippen molar-refractivity contribution in [2.75, 3.05) is 6.61 Å². The number of nitrogens with one attached hydrogen (secondary N) is 1. The number of ether oxygens (including phenoxy) is 1. The number of nitro groups is 1. The van der Waals surface area contributed by atoms with Crippen LogP contribution in [0.2, 0.25) is 0 Å². The molecule has 0 aliphatic heterocycles. The molecule has 7 heteroatoms. The number of rotatable bonds is 11. The molecule has 0 saturated heterocycles. The minimum atomic E-state index is -0.405. The highest BCUT2D eigenvalue weighted by molar-refractivity contribution is 5.24. The van der Waals surface area contributed by atoms with Gasteiger partial charge in [-0.2, -0.15) is 5.26 Å². The van der Waals surface area contributed by atoms with Crippen molar-refractivity contribution in [3.8, 4) is 6.07 Å². The lowest BCUT2D eigenvalue weighted by Gasteiger charge is -2.30. The van der Waals surface area contributed by atoms with Crippen molar-refractivity contribution in [2.45, 2.75) is 90.2 Å². The predicted octanol–water partition coefficient (Wildman–Crippen LogP) is 6.36. The monoisotopic (exact) mass is 480 g/mol. The molecule has 0 radical (unpaired) electrons. The fourth-order valence-electron chi connectivity index (χ4n) is 4.52. The normalized spacial score (nSPS) is 18.9. The molecule has 7 nitrogen and oxygen atoms in total. The van der Waals surface area contributed by atoms with Crippen LogP contribution in [0.1, 0.15) is 88.0 Å². The maximum absolute atomic E-state index is 10.9. The lowest BCUT2D eigenvalue weighted by Crippen LogP contribution is -2.41. The number of hydrogen-bond acceptors (Lipinski definition) is 5. The number of benzene rings is 1. The van der Waals surface area contributed by atoms with Gasteiger partial charge in [-0.25, -0.2) is 15.1 Å². The highest BCUT2D eigenvalue weighted by atomic mass is 16.7. The van der Waals surface area contributed by atoms with Gasteiger partial charge in [0.1, 0.15) is 11.8 Å². The van der Waals surface area contributed by atoms with E-state index in [4.69, 9.17) is 10.00 Å². The molecule has 0 bridgehead atoms. The van der Waals surface area contributed by atoms with Gasteiger partial charge in [0, 0.05) is 12.1 Å². The van der Waals surface area contributed by atoms with Crippen LogP contribution in [-0.4, -0.2) is 28.8 Å². The fraction of sp³-hybridized carbons (Fsp3) is 0.571. The quantitative estimate of drug-likeness (QED) is 0.228. The van der Waals surface area contributed by atoms with Gasteiger partial charge in [0.15, 0.2) is 5.03 Å². The van der Waals surface area contributed by atoms with Crippen LogP contribution in [0.4, 0.5) is 0 Å². The van der Waals surface area contributed by atoms with Crippen LogP contribution < -0.4 is 5.43 Å². The van der Waals surface area contributed by atoms with Crippen LogP contribution in [0.15, 0.2) is 48.7 Å². The number of pyridine rings is 1. The molecule has 2 unspecified atom stereocenters. The molecule has 0 amide bonds. The third-order valence-electron chi connectivity index (χ3n) is 6.65. The highest BCUT2D eigenvalue weighted by Gasteiger charge is 2.26. The van der Waals surface area contributed by atoms with Crippen LogP contribution in [0.3, 0.4) is 0 Å². The Bertz CT molecular complexity index is 908. The summed E-state index contributed by atoms with van der Waals surface area (Å²) >= 11 is 0. The Kier molecular flexibility index (Phi) is 12.8. The number of aromatic nitrogens is 1. The first-order valence-corrected chi connectivity index (χ1v) is 12.8. The lowest BCUT2D eigenvalue weighted by molar-refractivity contribution is -0.553. The minimum absolute atomic E-state index is 0.114. The molecule has 190 valence electrons. The summed E-state index contributed by atoms with van der Waals surface area (Å²) in [5.74, 6) is 0.788. The van der Waals surface area contributed by atoms with E-state index in [0.29, 0.717) is 24.3 Å². The molecule has 1 saturated carbocycles. The SMILES string of the molecule is CCCCCC(N[N+](=O)[O-])C(C)COC1CCC(c2ccccc2)CC1.Cc1ccnc(C#N)c1. The second-order valence-corrected chi connectivity index (χ2v) is 9.51. The lowest BCUT2D eigenvalue weighted by atomic mass is 9.83. The van der Waals surface area contributed by atoms with E-state index >= 15 is 0 Å². The van der Waals surface area contributed by atoms with E-state index < -0.39 is 5.03 Å². The van der Waals surface area contributed by atoms with Crippen LogP contribution in [0.5, 0.6) is 0 Å². The first kappa shape index (κ1) is 28.3. The van der Waals surface area contributed by atoms with Crippen LogP contribution >= 0.6 is 0 Å². The molecule has 1 fully saturated rings. The standard InChI is InChI=1S/C21H34N2O3.C7H6N2/c1-3-4-6-11-21(22-23(24)25)17(2)16-26-20-14-12-19(13-15-20)18-9-7-5-8-10-18;1-6-2-3-9-7(4-6)5-8/h5,7-10,17,19-22H,3-4,6,11-16H2,1-2H3;2-4H,1H3. The summed E-state index contributed by atoms with van der Waals surface area (Å²) < 4.78 is 6.14. The second-order valence-electron chi connectivity index (χ2n) is 9.51. The van der Waals surface area contributed by atoms with E-state index in [1.54, 1.807) is 12.3 Å². The zero-order valence-corrected chi connectivity index (χ0v) is 21.4.